The van der Waals surface area contributed by atoms with Crippen LogP contribution in [0.4, 0.5) is 0 Å². The average Bonchev–Trinajstić information content (AvgIpc) is 1.53. The molecule has 0 unspecified atom stereocenters. The minimum Gasteiger partial charge on any atom is -0.459 e. The van der Waals surface area contributed by atoms with Crippen molar-refractivity contribution in [1.29, 1.82) is 0 Å². The van der Waals surface area contributed by atoms with E-state index < -0.39 is 5.60 Å². The van der Waals surface area contributed by atoms with Crippen LogP contribution in [0, 0.1) is 153 Å². The Labute approximate surface area is 847 Å². The third kappa shape index (κ3) is 15.1. The van der Waals surface area contributed by atoms with Crippen LogP contribution in [0.25, 0.3) is 0 Å². The molecule has 16 heteroatoms. The first kappa shape index (κ1) is 100. The zero-order valence-corrected chi connectivity index (χ0v) is 88.7. The molecule has 0 amide bonds. The van der Waals surface area contributed by atoms with Crippen LogP contribution in [0.3, 0.4) is 0 Å². The van der Waals surface area contributed by atoms with Gasteiger partial charge in [-0.05, 0) is 360 Å². The first-order chi connectivity index (χ1) is 67.4. The smallest absolute Gasteiger partial charge is 0.338 e. The van der Waals surface area contributed by atoms with Crippen LogP contribution in [-0.2, 0) is 62.0 Å². The summed E-state index contributed by atoms with van der Waals surface area (Å²) in [6.45, 7) is 33.2. The van der Waals surface area contributed by atoms with Crippen LogP contribution in [-0.4, -0.2) is 118 Å². The molecule has 27 rings (SSSR count). The molecule has 770 valence electrons. The molecular formula is C126H170O16. The zero-order chi connectivity index (χ0) is 99.7. The van der Waals surface area contributed by atoms with Crippen LogP contribution in [0.2, 0.25) is 0 Å². The number of hydrogen-bond donors (Lipinski definition) is 2. The fraction of sp³-hybridized carbons (Fsp3) is 0.754. The molecule has 24 aliphatic carbocycles. The molecule has 18 fully saturated rings. The molecule has 2 spiro atoms. The Morgan fingerprint density at radius 1 is 0.338 bits per heavy atom. The van der Waals surface area contributed by atoms with Crippen LogP contribution >= 0.6 is 0 Å². The normalized spacial score (nSPS) is 47.6. The largest absolute Gasteiger partial charge is 0.459 e. The fourth-order valence-electron chi connectivity index (χ4n) is 39.6. The summed E-state index contributed by atoms with van der Waals surface area (Å²) < 4.78 is 30.7. The van der Waals surface area contributed by atoms with E-state index in [9.17, 15) is 53.4 Å². The van der Waals surface area contributed by atoms with Gasteiger partial charge in [0, 0.05) is 119 Å². The van der Waals surface area contributed by atoms with Crippen LogP contribution < -0.4 is 0 Å². The van der Waals surface area contributed by atoms with E-state index in [0.717, 1.165) is 237 Å². The Balaban J connectivity index is 0.0000000980. The summed E-state index contributed by atoms with van der Waals surface area (Å²) in [5, 5.41) is 21.7. The lowest BCUT2D eigenvalue weighted by Gasteiger charge is -2.61. The predicted octanol–water partition coefficient (Wildman–Crippen LogP) is 25.7. The molecule has 2 aliphatic heterocycles. The van der Waals surface area contributed by atoms with E-state index in [-0.39, 0.29) is 106 Å². The summed E-state index contributed by atoms with van der Waals surface area (Å²) in [7, 11) is 0. The van der Waals surface area contributed by atoms with E-state index >= 15 is 0 Å². The lowest BCUT2D eigenvalue weighted by Crippen LogP contribution is -2.63. The highest BCUT2D eigenvalue weighted by Crippen LogP contribution is 2.75. The number of hydrogen-bond acceptors (Lipinski definition) is 16. The van der Waals surface area contributed by atoms with Gasteiger partial charge in [-0.3, -0.25) is 38.4 Å². The minimum absolute atomic E-state index is 0.0276. The van der Waals surface area contributed by atoms with Crippen molar-refractivity contribution in [3.05, 3.63) is 129 Å². The number of carbonyl (C=O) groups is 9. The third-order valence-corrected chi connectivity index (χ3v) is 49.0. The molecule has 1 aromatic carbocycles. The van der Waals surface area contributed by atoms with Crippen molar-refractivity contribution in [2.45, 2.75) is 415 Å². The summed E-state index contributed by atoms with van der Waals surface area (Å²) in [5.74, 6) is 10.3. The lowest BCUT2D eigenvalue weighted by atomic mass is 9.44. The molecule has 30 atom stereocenters. The molecule has 142 heavy (non-hydrogen) atoms. The average molecular weight is 1940 g/mol. The number of benzene rings is 1. The number of esters is 1. The van der Waals surface area contributed by atoms with E-state index in [2.05, 4.69) is 120 Å². The third-order valence-electron chi connectivity index (χ3n) is 49.0. The van der Waals surface area contributed by atoms with Crippen molar-refractivity contribution >= 4 is 52.2 Å². The van der Waals surface area contributed by atoms with Gasteiger partial charge >= 0.3 is 5.97 Å². The molecule has 0 aromatic heterocycles. The van der Waals surface area contributed by atoms with Gasteiger partial charge < -0.3 is 33.9 Å². The maximum absolute atomic E-state index is 12.6. The Hall–Kier alpha value is -6.27. The standard InChI is InChI=1S/C26H32O3.C22H32O3.C21H28O3.C19H26O3.C19H28O2.C19H24O2/c1-25-14-12-19(29-24(28)17-6-4-3-5-7-17)16-18(25)8-9-20-21-10-11-23(27)26(21,2)15-13-22(20)25;1-19-8-5-16-17(20(19,2)9-4-15(23)14-19)6-10-21(3)18(16)7-11-22(21)24-12-13-25-22;1-19-8-5-15(22)13-14(19)3-4-16-17(19)6-9-20(2)18(16)7-10-21(20)23-11-12-24-21;1-17-9-10-19(22)15(14(17)5-6-16(17)21)4-3-12-11-13(20)7-8-18(12,19)2;2*1-18-9-7-13(20)11-12(18)3-4-14-15-5-6-17(21)19(15,2)10-8-16(14)18/h3-7,13,18-21H,8-12,14-16H2,1-2H3;6,16,18H,4-5,7-14H2,1-3H3;6,13,16,18H,3-5,7-12H2,1-2H3;11,14-15,22H,3-10H2,1-2H3;8,12-15,20H,3-7,9-11H2,1-2H3;8,11,14-15H,3-7,9-10H2,1-2H3/t18-,19-,20+,21+,25+,26+;16-,18+,19-,20-,21+;16-,18+,19+,20+;14-,15-,17-,18-,19+;12-,13-,14+,15+,18+,19+;14-,15-,18-,19-/m111010/s1. The second-order valence-corrected chi connectivity index (χ2v) is 54.5. The number of rotatable bonds is 2. The molecule has 1 aromatic rings. The van der Waals surface area contributed by atoms with E-state index in [1.165, 1.54) is 68.9 Å². The van der Waals surface area contributed by atoms with E-state index in [0.29, 0.717) is 160 Å². The van der Waals surface area contributed by atoms with Crippen molar-refractivity contribution < 1.29 is 77.0 Å². The molecule has 2 saturated heterocycles. The predicted molar refractivity (Wildman–Crippen MR) is 547 cm³/mol. The van der Waals surface area contributed by atoms with Crippen LogP contribution in [0.15, 0.2) is 124 Å². The Bertz CT molecular complexity index is 5580. The summed E-state index contributed by atoms with van der Waals surface area (Å²) >= 11 is 0. The van der Waals surface area contributed by atoms with Crippen molar-refractivity contribution in [3.63, 3.8) is 0 Å². The van der Waals surface area contributed by atoms with Gasteiger partial charge in [0.25, 0.3) is 0 Å². The minimum atomic E-state index is -0.730. The van der Waals surface area contributed by atoms with Gasteiger partial charge in [0.2, 0.25) is 0 Å². The molecular weight excluding hydrogens is 1770 g/mol. The maximum Gasteiger partial charge on any atom is 0.338 e. The van der Waals surface area contributed by atoms with Gasteiger partial charge in [-0.2, -0.15) is 0 Å². The van der Waals surface area contributed by atoms with Gasteiger partial charge in [-0.1, -0.05) is 183 Å². The van der Waals surface area contributed by atoms with Gasteiger partial charge in [0.15, 0.2) is 28.9 Å². The summed E-state index contributed by atoms with van der Waals surface area (Å²) in [4.78, 5) is 110. The van der Waals surface area contributed by atoms with Crippen molar-refractivity contribution in [2.24, 2.45) is 153 Å². The number of fused-ring (bicyclic) bond motifs is 32. The maximum atomic E-state index is 12.6. The van der Waals surface area contributed by atoms with Crippen LogP contribution in [0.5, 0.6) is 0 Å². The van der Waals surface area contributed by atoms with E-state index in [4.69, 9.17) is 23.7 Å². The first-order valence-electron chi connectivity index (χ1n) is 57.6. The molecule has 2 N–H and O–H groups in total. The second kappa shape index (κ2) is 35.7. The van der Waals surface area contributed by atoms with Gasteiger partial charge in [-0.15, -0.1) is 0 Å². The number of aliphatic hydroxyl groups is 2. The molecule has 16 saturated carbocycles. The number of aliphatic hydroxyl groups excluding tert-OH is 1. The Morgan fingerprint density at radius 2 is 0.761 bits per heavy atom. The molecule has 0 radical (unpaired) electrons. The molecule has 26 aliphatic rings. The Morgan fingerprint density at radius 3 is 1.29 bits per heavy atom. The highest BCUT2D eigenvalue weighted by Gasteiger charge is 2.72. The fourth-order valence-corrected chi connectivity index (χ4v) is 39.6. The molecule has 2 heterocycles. The highest BCUT2D eigenvalue weighted by molar-refractivity contribution is 5.94. The number of carbonyl (C=O) groups excluding carboxylic acids is 9. The SMILES string of the molecule is C[C@]12CCC(=O)C=C1CC[C@@H]1C2=CC[C@@]2(C)[C@H]1CCC21OCCO1.C[C@]12CCC(=O)C=C1CC[C@@H]1C2=CC[C@]2(C)C(=O)CC[C@@H]12.C[C@]12CCC(=O)C=C1CC[C@H]1[C@@H]3CCC(=O)[C@@]3(C)CC[C@@]12O.C[C@]12CC[C@@H](O)C[C@H]1CC[C@@H]1C2=CC[C@]2(C)C(=O)CC[C@@H]12.C[C@]12CC[C@@H](OC(=O)c3ccccc3)C[C@H]1CC[C@@H]1C2=CC[C@]2(C)C(=O)CC[C@@H]12.C[C@]12CC[C@@H]3C(=CC[C@@]4(C)[C@H]3CCC43OCCO3)[C@@]1(C)CCC(=O)C2. The topological polar surface area (TPSA) is 240 Å². The number of allylic oxidation sites excluding steroid dienone is 14. The monoisotopic (exact) mass is 1940 g/mol. The lowest BCUT2D eigenvalue weighted by molar-refractivity contribution is -0.229. The van der Waals surface area contributed by atoms with E-state index in [1.807, 2.05) is 48.6 Å². The number of ketones is 8. The first-order valence-corrected chi connectivity index (χ1v) is 57.6. The summed E-state index contributed by atoms with van der Waals surface area (Å²) in [6, 6.07) is 9.34. The van der Waals surface area contributed by atoms with Crippen molar-refractivity contribution in [1.82, 2.24) is 0 Å². The van der Waals surface area contributed by atoms with Gasteiger partial charge in [0.05, 0.1) is 43.7 Å². The highest BCUT2D eigenvalue weighted by atomic mass is 16.7. The molecule has 0 bridgehead atoms. The van der Waals surface area contributed by atoms with E-state index in [1.54, 1.807) is 27.9 Å². The van der Waals surface area contributed by atoms with Crippen molar-refractivity contribution in [2.75, 3.05) is 26.4 Å². The zero-order valence-electron chi connectivity index (χ0n) is 88.7. The summed E-state index contributed by atoms with van der Waals surface area (Å²) in [5.41, 5.74) is 12.6. The van der Waals surface area contributed by atoms with Crippen molar-refractivity contribution in [3.8, 4) is 0 Å². The number of Topliss-reactive ketones (excluding diaryl/α,β-unsaturated/α-hetero) is 5. The quantitative estimate of drug-likeness (QED) is 0.207. The van der Waals surface area contributed by atoms with Gasteiger partial charge in [-0.25, -0.2) is 4.79 Å². The molecule has 16 nitrogen and oxygen atoms in total. The summed E-state index contributed by atoms with van der Waals surface area (Å²) in [6.07, 6.45) is 63.2. The second-order valence-electron chi connectivity index (χ2n) is 54.5. The number of ether oxygens (including phenoxy) is 5. The Kier molecular flexibility index (Phi) is 25.2. The van der Waals surface area contributed by atoms with Gasteiger partial charge in [0.1, 0.15) is 35.0 Å². The van der Waals surface area contributed by atoms with Crippen LogP contribution in [0.1, 0.15) is 396 Å².